The van der Waals surface area contributed by atoms with E-state index in [0.717, 1.165) is 11.3 Å². The van der Waals surface area contributed by atoms with Crippen LogP contribution in [0.5, 0.6) is 11.5 Å². The van der Waals surface area contributed by atoms with Crippen molar-refractivity contribution in [3.63, 3.8) is 0 Å². The molecule has 34 heavy (non-hydrogen) atoms. The molecular formula is C23H21N5O5S. The summed E-state index contributed by atoms with van der Waals surface area (Å²) in [6.07, 6.45) is 1.56. The number of benzene rings is 1. The van der Waals surface area contributed by atoms with Gasteiger partial charge in [0, 0.05) is 17.4 Å². The standard InChI is InChI=1S/C23H21N5O5S/c1-4-31-19-8-7-14(10-20(19)30-3)22-24-16(13(2)33-22)12-34-23-26-25-21(29)17-11-15(27-28(17)23)18-6-5-9-32-18/h5-11H,4,12H2,1-3H3,(H,25,29). The monoisotopic (exact) mass is 479 g/mol. The summed E-state index contributed by atoms with van der Waals surface area (Å²) in [5.41, 5.74) is 2.13. The lowest BCUT2D eigenvalue weighted by Gasteiger charge is -2.09. The van der Waals surface area contributed by atoms with Crippen LogP contribution in [0.25, 0.3) is 28.4 Å². The van der Waals surface area contributed by atoms with Gasteiger partial charge < -0.3 is 18.3 Å². The summed E-state index contributed by atoms with van der Waals surface area (Å²) in [5.74, 6) is 3.47. The highest BCUT2D eigenvalue weighted by Crippen LogP contribution is 2.34. The highest BCUT2D eigenvalue weighted by molar-refractivity contribution is 7.98. The van der Waals surface area contributed by atoms with Crippen LogP contribution in [0.4, 0.5) is 0 Å². The number of rotatable bonds is 8. The van der Waals surface area contributed by atoms with Gasteiger partial charge in [0.25, 0.3) is 5.56 Å². The smallest absolute Gasteiger partial charge is 0.290 e. The molecule has 0 saturated carbocycles. The van der Waals surface area contributed by atoms with Gasteiger partial charge in [-0.1, -0.05) is 11.8 Å². The number of aromatic amines is 1. The second kappa shape index (κ2) is 9.10. The van der Waals surface area contributed by atoms with Gasteiger partial charge in [-0.05, 0) is 44.2 Å². The SMILES string of the molecule is CCOc1ccc(-c2nc(CSc3n[nH]c(=O)c4cc(-c5ccco5)nn34)c(C)o2)cc1OC. The Morgan fingerprint density at radius 2 is 2.09 bits per heavy atom. The largest absolute Gasteiger partial charge is 0.493 e. The number of thioether (sulfide) groups is 1. The maximum atomic E-state index is 12.3. The number of ether oxygens (including phenoxy) is 2. The molecule has 0 atom stereocenters. The van der Waals surface area contributed by atoms with Gasteiger partial charge in [0.05, 0.1) is 25.7 Å². The average molecular weight is 480 g/mol. The lowest BCUT2D eigenvalue weighted by molar-refractivity contribution is 0.311. The first-order valence-corrected chi connectivity index (χ1v) is 11.5. The minimum atomic E-state index is -0.334. The number of methoxy groups -OCH3 is 1. The maximum Gasteiger partial charge on any atom is 0.290 e. The molecule has 0 aliphatic heterocycles. The summed E-state index contributed by atoms with van der Waals surface area (Å²) in [5, 5.41) is 11.7. The predicted octanol–water partition coefficient (Wildman–Crippen LogP) is 4.34. The third-order valence-electron chi connectivity index (χ3n) is 5.09. The molecule has 1 aromatic carbocycles. The van der Waals surface area contributed by atoms with E-state index in [1.165, 1.54) is 16.3 Å². The van der Waals surface area contributed by atoms with E-state index in [4.69, 9.17) is 18.3 Å². The predicted molar refractivity (Wildman–Crippen MR) is 125 cm³/mol. The molecule has 10 nitrogen and oxygen atoms in total. The summed E-state index contributed by atoms with van der Waals surface area (Å²) < 4.78 is 23.8. The minimum Gasteiger partial charge on any atom is -0.493 e. The normalized spacial score (nSPS) is 11.3. The molecule has 0 spiro atoms. The molecule has 5 rings (SSSR count). The van der Waals surface area contributed by atoms with Crippen molar-refractivity contribution in [2.45, 2.75) is 24.8 Å². The number of H-pyrrole nitrogens is 1. The molecular weight excluding hydrogens is 458 g/mol. The van der Waals surface area contributed by atoms with E-state index >= 15 is 0 Å². The van der Waals surface area contributed by atoms with E-state index in [-0.39, 0.29) is 5.56 Å². The number of oxazole rings is 1. The highest BCUT2D eigenvalue weighted by Gasteiger charge is 2.17. The first-order valence-electron chi connectivity index (χ1n) is 10.5. The van der Waals surface area contributed by atoms with Crippen LogP contribution >= 0.6 is 11.8 Å². The lowest BCUT2D eigenvalue weighted by Crippen LogP contribution is -2.13. The number of aromatic nitrogens is 5. The Morgan fingerprint density at radius 3 is 2.85 bits per heavy atom. The van der Waals surface area contributed by atoms with E-state index in [9.17, 15) is 4.79 Å². The molecule has 0 aliphatic rings. The van der Waals surface area contributed by atoms with Gasteiger partial charge in [-0.2, -0.15) is 5.10 Å². The molecule has 0 bridgehead atoms. The van der Waals surface area contributed by atoms with Crippen molar-refractivity contribution in [3.8, 4) is 34.4 Å². The van der Waals surface area contributed by atoms with Gasteiger partial charge in [0.15, 0.2) is 17.3 Å². The molecule has 4 aromatic heterocycles. The zero-order chi connectivity index (χ0) is 23.7. The van der Waals surface area contributed by atoms with Crippen molar-refractivity contribution in [1.29, 1.82) is 0 Å². The fourth-order valence-electron chi connectivity index (χ4n) is 3.42. The summed E-state index contributed by atoms with van der Waals surface area (Å²) in [6.45, 7) is 4.32. The number of fused-ring (bicyclic) bond motifs is 1. The summed E-state index contributed by atoms with van der Waals surface area (Å²) in [7, 11) is 1.59. The van der Waals surface area contributed by atoms with Gasteiger partial charge in [-0.25, -0.2) is 14.6 Å². The summed E-state index contributed by atoms with van der Waals surface area (Å²) in [4.78, 5) is 16.9. The number of nitrogens with zero attached hydrogens (tertiary/aromatic N) is 4. The van der Waals surface area contributed by atoms with Gasteiger partial charge in [-0.3, -0.25) is 4.79 Å². The number of aryl methyl sites for hydroxylation is 1. The molecule has 4 heterocycles. The Morgan fingerprint density at radius 1 is 1.21 bits per heavy atom. The zero-order valence-electron chi connectivity index (χ0n) is 18.7. The van der Waals surface area contributed by atoms with E-state index in [1.54, 1.807) is 31.6 Å². The topological polar surface area (TPSA) is 121 Å². The molecule has 0 aliphatic carbocycles. The average Bonchev–Trinajstić information content (AvgIpc) is 3.59. The van der Waals surface area contributed by atoms with Crippen LogP contribution in [0, 0.1) is 6.92 Å². The molecule has 174 valence electrons. The quantitative estimate of drug-likeness (QED) is 0.324. The molecule has 5 aromatic rings. The van der Waals surface area contributed by atoms with Crippen LogP contribution in [0.3, 0.4) is 0 Å². The van der Waals surface area contributed by atoms with Crippen molar-refractivity contribution in [2.24, 2.45) is 0 Å². The second-order valence-corrected chi connectivity index (χ2v) is 8.19. The second-order valence-electron chi connectivity index (χ2n) is 7.25. The van der Waals surface area contributed by atoms with Crippen LogP contribution in [0.15, 0.2) is 61.4 Å². The molecule has 11 heteroatoms. The van der Waals surface area contributed by atoms with Crippen LogP contribution in [-0.4, -0.2) is 38.5 Å². The van der Waals surface area contributed by atoms with Crippen molar-refractivity contribution >= 4 is 17.3 Å². The highest BCUT2D eigenvalue weighted by atomic mass is 32.2. The van der Waals surface area contributed by atoms with Crippen molar-refractivity contribution < 1.29 is 18.3 Å². The number of furan rings is 1. The van der Waals surface area contributed by atoms with Gasteiger partial charge in [0.1, 0.15) is 17.0 Å². The van der Waals surface area contributed by atoms with Crippen molar-refractivity contribution in [1.82, 2.24) is 24.8 Å². The molecule has 0 unspecified atom stereocenters. The third kappa shape index (κ3) is 4.05. The van der Waals surface area contributed by atoms with Crippen LogP contribution in [0.1, 0.15) is 18.4 Å². The van der Waals surface area contributed by atoms with Crippen LogP contribution < -0.4 is 15.0 Å². The van der Waals surface area contributed by atoms with Crippen LogP contribution in [-0.2, 0) is 5.75 Å². The molecule has 0 radical (unpaired) electrons. The van der Waals surface area contributed by atoms with E-state index in [0.29, 0.717) is 57.6 Å². The fraction of sp³-hybridized carbons (Fsp3) is 0.217. The zero-order valence-corrected chi connectivity index (χ0v) is 19.5. The Labute approximate surface area is 197 Å². The van der Waals surface area contributed by atoms with Gasteiger partial charge in [0.2, 0.25) is 11.0 Å². The molecule has 1 N–H and O–H groups in total. The first kappa shape index (κ1) is 21.8. The number of hydrogen-bond donors (Lipinski definition) is 1. The Kier molecular flexibility index (Phi) is 5.84. The van der Waals surface area contributed by atoms with E-state index in [2.05, 4.69) is 20.3 Å². The minimum absolute atomic E-state index is 0.334. The van der Waals surface area contributed by atoms with E-state index < -0.39 is 0 Å². The maximum absolute atomic E-state index is 12.3. The summed E-state index contributed by atoms with van der Waals surface area (Å²) in [6, 6.07) is 10.8. The lowest BCUT2D eigenvalue weighted by atomic mass is 10.2. The van der Waals surface area contributed by atoms with Gasteiger partial charge in [-0.15, -0.1) is 5.10 Å². The Hall–Kier alpha value is -3.99. The third-order valence-corrected chi connectivity index (χ3v) is 6.03. The Bertz CT molecular complexity index is 1500. The van der Waals surface area contributed by atoms with Crippen molar-refractivity contribution in [3.05, 3.63) is 64.5 Å². The van der Waals surface area contributed by atoms with E-state index in [1.807, 2.05) is 32.0 Å². The van der Waals surface area contributed by atoms with Crippen LogP contribution in [0.2, 0.25) is 0 Å². The first-order chi connectivity index (χ1) is 16.6. The number of nitrogens with one attached hydrogen (secondary N) is 1. The number of hydrogen-bond acceptors (Lipinski definition) is 9. The fourth-order valence-corrected chi connectivity index (χ4v) is 4.33. The van der Waals surface area contributed by atoms with Crippen molar-refractivity contribution in [2.75, 3.05) is 13.7 Å². The van der Waals surface area contributed by atoms with Gasteiger partial charge >= 0.3 is 0 Å². The molecule has 0 amide bonds. The molecule has 0 fully saturated rings. The summed E-state index contributed by atoms with van der Waals surface area (Å²) >= 11 is 1.38. The molecule has 0 saturated heterocycles. The Balaban J connectivity index is 1.40.